The first-order chi connectivity index (χ1) is 17.2. The smallest absolute Gasteiger partial charge is 0.311 e. The van der Waals surface area contributed by atoms with Gasteiger partial charge >= 0.3 is 47.4 Å². The van der Waals surface area contributed by atoms with Crippen molar-refractivity contribution in [1.29, 1.82) is 0 Å². The Bertz CT molecular complexity index is 1140. The Balaban J connectivity index is 3.55. The lowest BCUT2D eigenvalue weighted by molar-refractivity contribution is -0.452. The molecule has 0 aliphatic heterocycles. The minimum absolute atomic E-state index is 0.00675. The number of imidazole rings is 1. The Morgan fingerprint density at radius 3 is 1.23 bits per heavy atom. The van der Waals surface area contributed by atoms with Crippen molar-refractivity contribution in [2.75, 3.05) is 0 Å². The Kier molecular flexibility index (Phi) is 9.56. The first kappa shape index (κ1) is 37.0. The molecule has 236 valence electrons. The first-order valence-corrected chi connectivity index (χ1v) is 11.7. The van der Waals surface area contributed by atoms with Crippen LogP contribution in [0.5, 0.6) is 0 Å². The van der Waals surface area contributed by atoms with Gasteiger partial charge in [-0.15, -0.1) is 25.3 Å². The largest absolute Gasteiger partial charge is 0.384 e. The molecule has 0 saturated carbocycles. The Labute approximate surface area is 231 Å². The van der Waals surface area contributed by atoms with Gasteiger partial charge < -0.3 is 9.13 Å². The number of alkyl halides is 16. The predicted octanol–water partition coefficient (Wildman–Crippen LogP) is 9.13. The molecule has 1 rings (SSSR count). The fourth-order valence-electron chi connectivity index (χ4n) is 3.09. The molecular weight excluding hydrogens is 656 g/mol. The number of nitrogens with zero attached hydrogens (tertiary/aromatic N) is 2. The molecule has 0 unspecified atom stereocenters. The van der Waals surface area contributed by atoms with E-state index in [1.54, 1.807) is 20.8 Å². The van der Waals surface area contributed by atoms with Gasteiger partial charge in [-0.25, -0.2) is 0 Å². The van der Waals surface area contributed by atoms with Crippen LogP contribution in [-0.4, -0.2) is 56.5 Å². The van der Waals surface area contributed by atoms with Gasteiger partial charge in [0.2, 0.25) is 0 Å². The summed E-state index contributed by atoms with van der Waals surface area (Å²) >= 11 is 12.8. The van der Waals surface area contributed by atoms with Crippen LogP contribution in [0.15, 0.2) is 10.1 Å². The van der Waals surface area contributed by atoms with Crippen molar-refractivity contribution in [2.24, 2.45) is 5.41 Å². The maximum Gasteiger partial charge on any atom is 0.384 e. The van der Waals surface area contributed by atoms with E-state index >= 15 is 0 Å². The van der Waals surface area contributed by atoms with E-state index in [2.05, 4.69) is 25.3 Å². The third kappa shape index (κ3) is 5.55. The SMILES string of the molecule is CC(C)(C)Cn1c(S)c(S)n(CCC(F)(F)C(F)(F)C(F)(F)C(F)(F)C(F)(F)C(F)(F)C(F)(F)C(C)(F)F)c1=S. The summed E-state index contributed by atoms with van der Waals surface area (Å²) in [5.74, 6) is -61.1. The summed E-state index contributed by atoms with van der Waals surface area (Å²) in [6, 6.07) is 0. The van der Waals surface area contributed by atoms with E-state index in [0.29, 0.717) is 4.57 Å². The molecule has 0 atom stereocenters. The zero-order valence-electron chi connectivity index (χ0n) is 20.4. The minimum atomic E-state index is -8.44. The van der Waals surface area contributed by atoms with E-state index in [1.807, 2.05) is 0 Å². The summed E-state index contributed by atoms with van der Waals surface area (Å²) in [5, 5.41) is -0.562. The molecule has 1 heterocycles. The lowest BCUT2D eigenvalue weighted by atomic mass is 9.87. The lowest BCUT2D eigenvalue weighted by Gasteiger charge is -2.43. The van der Waals surface area contributed by atoms with E-state index in [1.165, 1.54) is 0 Å². The van der Waals surface area contributed by atoms with Crippen LogP contribution >= 0.6 is 37.5 Å². The van der Waals surface area contributed by atoms with Gasteiger partial charge in [0, 0.05) is 26.4 Å². The molecule has 0 bridgehead atoms. The van der Waals surface area contributed by atoms with E-state index in [4.69, 9.17) is 12.2 Å². The Hall–Kier alpha value is -0.990. The van der Waals surface area contributed by atoms with E-state index in [0.717, 1.165) is 4.57 Å². The highest BCUT2D eigenvalue weighted by atomic mass is 32.1. The third-order valence-corrected chi connectivity index (χ3v) is 6.96. The van der Waals surface area contributed by atoms with Crippen molar-refractivity contribution >= 4 is 37.5 Å². The number of thiol groups is 2. The second-order valence-corrected chi connectivity index (χ2v) is 11.2. The molecule has 40 heavy (non-hydrogen) atoms. The molecule has 0 radical (unpaired) electrons. The quantitative estimate of drug-likeness (QED) is 0.135. The van der Waals surface area contributed by atoms with Crippen molar-refractivity contribution in [3.63, 3.8) is 0 Å². The molecule has 0 amide bonds. The van der Waals surface area contributed by atoms with Gasteiger partial charge in [-0.05, 0) is 17.6 Å². The highest BCUT2D eigenvalue weighted by Crippen LogP contribution is 2.64. The Morgan fingerprint density at radius 1 is 0.550 bits per heavy atom. The molecule has 21 heteroatoms. The second-order valence-electron chi connectivity index (χ2n) is 10.0. The number of hydrogen-bond acceptors (Lipinski definition) is 3. The molecule has 1 aromatic rings. The number of rotatable bonds is 11. The fourth-order valence-corrected chi connectivity index (χ4v) is 4.17. The van der Waals surface area contributed by atoms with Gasteiger partial charge in [0.05, 0.1) is 0 Å². The Morgan fingerprint density at radius 2 is 0.875 bits per heavy atom. The number of halogens is 16. The summed E-state index contributed by atoms with van der Waals surface area (Å²) in [6.07, 6.45) is -2.59. The van der Waals surface area contributed by atoms with Gasteiger partial charge in [0.25, 0.3) is 0 Å². The summed E-state index contributed by atoms with van der Waals surface area (Å²) in [7, 11) is 0. The monoisotopic (exact) mass is 676 g/mol. The zero-order valence-corrected chi connectivity index (χ0v) is 23.0. The molecule has 0 aliphatic carbocycles. The molecule has 0 aliphatic rings. The van der Waals surface area contributed by atoms with Gasteiger partial charge in [-0.1, -0.05) is 20.8 Å². The number of hydrogen-bond donors (Lipinski definition) is 2. The topological polar surface area (TPSA) is 9.86 Å². The highest BCUT2D eigenvalue weighted by molar-refractivity contribution is 7.83. The molecule has 0 spiro atoms. The highest BCUT2D eigenvalue weighted by Gasteiger charge is 2.94. The van der Waals surface area contributed by atoms with Crippen LogP contribution in [0.3, 0.4) is 0 Å². The van der Waals surface area contributed by atoms with E-state index in [9.17, 15) is 70.2 Å². The summed E-state index contributed by atoms with van der Waals surface area (Å²) in [5.41, 5.74) is -0.571. The van der Waals surface area contributed by atoms with Crippen molar-refractivity contribution in [3.8, 4) is 0 Å². The number of aromatic nitrogens is 2. The lowest BCUT2D eigenvalue weighted by Crippen LogP contribution is -2.74. The van der Waals surface area contributed by atoms with E-state index < -0.39 is 82.5 Å². The van der Waals surface area contributed by atoms with Crippen LogP contribution in [0.1, 0.15) is 34.1 Å². The predicted molar refractivity (Wildman–Crippen MR) is 117 cm³/mol. The van der Waals surface area contributed by atoms with Crippen LogP contribution in [-0.2, 0) is 13.1 Å². The molecule has 1 aromatic heterocycles. The summed E-state index contributed by atoms with van der Waals surface area (Å²) < 4.78 is 221. The molecule has 2 nitrogen and oxygen atoms in total. The summed E-state index contributed by atoms with van der Waals surface area (Å²) in [6.45, 7) is 2.26. The van der Waals surface area contributed by atoms with Gasteiger partial charge in [0.1, 0.15) is 10.1 Å². The molecule has 0 saturated heterocycles. The van der Waals surface area contributed by atoms with Crippen molar-refractivity contribution in [2.45, 2.75) is 105 Å². The molecule has 0 aromatic carbocycles. The van der Waals surface area contributed by atoms with Gasteiger partial charge in [-0.2, -0.15) is 70.2 Å². The van der Waals surface area contributed by atoms with Crippen LogP contribution in [0.2, 0.25) is 0 Å². The third-order valence-electron chi connectivity index (χ3n) is 5.44. The normalized spacial score (nSPS) is 15.7. The van der Waals surface area contributed by atoms with E-state index in [-0.39, 0.29) is 11.6 Å². The standard InChI is InChI=1S/C19H20F16N2S3/c1-11(2,3)7-37-9(39)8(38)36(10(37)40)6-5-13(22,23)15(26,27)17(30,31)19(34,35)18(32,33)16(28,29)14(24,25)12(4,20)21/h38-39H,5-7H2,1-4H3. The average Bonchev–Trinajstić information content (AvgIpc) is 2.92. The van der Waals surface area contributed by atoms with Gasteiger partial charge in [-0.3, -0.25) is 0 Å². The van der Waals surface area contributed by atoms with Crippen LogP contribution in [0.25, 0.3) is 0 Å². The van der Waals surface area contributed by atoms with Crippen molar-refractivity contribution in [3.05, 3.63) is 4.77 Å². The average molecular weight is 677 g/mol. The van der Waals surface area contributed by atoms with Crippen molar-refractivity contribution in [1.82, 2.24) is 9.13 Å². The fraction of sp³-hybridized carbons (Fsp3) is 0.842. The van der Waals surface area contributed by atoms with Crippen molar-refractivity contribution < 1.29 is 70.2 Å². The summed E-state index contributed by atoms with van der Waals surface area (Å²) in [4.78, 5) is 0. The maximum atomic E-state index is 14.3. The zero-order chi connectivity index (χ0) is 32.5. The van der Waals surface area contributed by atoms with Crippen LogP contribution in [0.4, 0.5) is 70.2 Å². The minimum Gasteiger partial charge on any atom is -0.311 e. The molecular formula is C19H20F16N2S3. The molecule has 0 N–H and O–H groups in total. The second kappa shape index (κ2) is 10.3. The van der Waals surface area contributed by atoms with Gasteiger partial charge in [0.15, 0.2) is 4.77 Å². The van der Waals surface area contributed by atoms with Crippen LogP contribution < -0.4 is 0 Å². The van der Waals surface area contributed by atoms with Crippen LogP contribution in [0, 0.1) is 10.2 Å². The first-order valence-electron chi connectivity index (χ1n) is 10.4. The molecule has 0 fully saturated rings. The maximum absolute atomic E-state index is 14.3.